The van der Waals surface area contributed by atoms with Gasteiger partial charge in [0.15, 0.2) is 0 Å². The van der Waals surface area contributed by atoms with Gasteiger partial charge in [0, 0.05) is 18.3 Å². The number of imidazole rings is 1. The number of hydrogen-bond acceptors (Lipinski definition) is 1. The van der Waals surface area contributed by atoms with Gasteiger partial charge in [0.2, 0.25) is 0 Å². The first-order chi connectivity index (χ1) is 9.77. The highest BCUT2D eigenvalue weighted by atomic mass is 35.5. The van der Waals surface area contributed by atoms with Crippen LogP contribution >= 0.6 is 11.6 Å². The second kappa shape index (κ2) is 7.68. The van der Waals surface area contributed by atoms with Crippen molar-refractivity contribution in [3.63, 3.8) is 0 Å². The molecule has 0 saturated carbocycles. The van der Waals surface area contributed by atoms with E-state index in [-0.39, 0.29) is 0 Å². The van der Waals surface area contributed by atoms with Gasteiger partial charge in [-0.25, -0.2) is 4.98 Å². The smallest absolute Gasteiger partial charge is 0.111 e. The van der Waals surface area contributed by atoms with Gasteiger partial charge in [0.25, 0.3) is 0 Å². The number of halogens is 1. The Balaban J connectivity index is 2.19. The van der Waals surface area contributed by atoms with Gasteiger partial charge in [-0.1, -0.05) is 44.7 Å². The topological polar surface area (TPSA) is 17.8 Å². The van der Waals surface area contributed by atoms with E-state index < -0.39 is 0 Å². The summed E-state index contributed by atoms with van der Waals surface area (Å²) in [4.78, 5) is 4.75. The van der Waals surface area contributed by atoms with Crippen LogP contribution in [0, 0.1) is 0 Å². The Morgan fingerprint density at radius 2 is 2.00 bits per heavy atom. The van der Waals surface area contributed by atoms with Gasteiger partial charge in [-0.05, 0) is 25.5 Å². The molecule has 0 spiro atoms. The Kier molecular flexibility index (Phi) is 5.90. The zero-order chi connectivity index (χ0) is 14.4. The summed E-state index contributed by atoms with van der Waals surface area (Å²) in [5.74, 6) is 1.76. The number of benzene rings is 1. The molecule has 0 radical (unpaired) electrons. The van der Waals surface area contributed by atoms with Crippen LogP contribution < -0.4 is 0 Å². The van der Waals surface area contributed by atoms with Gasteiger partial charge in [0.1, 0.15) is 5.82 Å². The number of para-hydroxylation sites is 2. The number of fused-ring (bicyclic) bond motifs is 1. The molecule has 0 aliphatic carbocycles. The third-order valence-corrected chi connectivity index (χ3v) is 4.09. The van der Waals surface area contributed by atoms with Crippen LogP contribution in [0.2, 0.25) is 0 Å². The molecule has 1 aromatic carbocycles. The fourth-order valence-electron chi connectivity index (χ4n) is 2.84. The van der Waals surface area contributed by atoms with Crippen molar-refractivity contribution in [3.8, 4) is 0 Å². The van der Waals surface area contributed by atoms with Crippen LogP contribution in [0.5, 0.6) is 0 Å². The zero-order valence-corrected chi connectivity index (χ0v) is 13.4. The van der Waals surface area contributed by atoms with Crippen molar-refractivity contribution in [1.82, 2.24) is 9.55 Å². The summed E-state index contributed by atoms with van der Waals surface area (Å²) in [5, 5.41) is 0. The average molecular weight is 293 g/mol. The molecule has 2 nitrogen and oxygen atoms in total. The van der Waals surface area contributed by atoms with E-state index in [1.807, 2.05) is 0 Å². The first-order valence-electron chi connectivity index (χ1n) is 7.79. The van der Waals surface area contributed by atoms with Crippen LogP contribution in [-0.4, -0.2) is 15.4 Å². The number of unbranched alkanes of at least 4 members (excludes halogenated alkanes) is 3. The van der Waals surface area contributed by atoms with E-state index in [0.29, 0.717) is 11.9 Å². The van der Waals surface area contributed by atoms with Crippen molar-refractivity contribution in [1.29, 1.82) is 0 Å². The molecule has 2 rings (SSSR count). The molecule has 2 aromatic rings. The summed E-state index contributed by atoms with van der Waals surface area (Å²) in [6.45, 7) is 4.56. The van der Waals surface area contributed by atoms with Gasteiger partial charge < -0.3 is 4.57 Å². The molecule has 1 atom stereocenters. The minimum atomic E-state index is 0.498. The van der Waals surface area contributed by atoms with Gasteiger partial charge in [0.05, 0.1) is 11.0 Å². The van der Waals surface area contributed by atoms with E-state index >= 15 is 0 Å². The molecule has 1 heterocycles. The van der Waals surface area contributed by atoms with Crippen LogP contribution in [0.3, 0.4) is 0 Å². The minimum absolute atomic E-state index is 0.498. The van der Waals surface area contributed by atoms with E-state index in [1.165, 1.54) is 37.6 Å². The normalized spacial score (nSPS) is 12.9. The Morgan fingerprint density at radius 1 is 1.20 bits per heavy atom. The van der Waals surface area contributed by atoms with E-state index in [1.54, 1.807) is 0 Å². The molecule has 110 valence electrons. The van der Waals surface area contributed by atoms with E-state index in [2.05, 4.69) is 42.7 Å². The number of aromatic nitrogens is 2. The lowest BCUT2D eigenvalue weighted by atomic mass is 10.1. The Bertz CT molecular complexity index is 533. The molecule has 3 heteroatoms. The van der Waals surface area contributed by atoms with E-state index in [0.717, 1.165) is 17.8 Å². The molecular weight excluding hydrogens is 268 g/mol. The highest BCUT2D eigenvalue weighted by Crippen LogP contribution is 2.25. The lowest BCUT2D eigenvalue weighted by Crippen LogP contribution is -2.10. The average Bonchev–Trinajstić information content (AvgIpc) is 2.82. The monoisotopic (exact) mass is 292 g/mol. The Hall–Kier alpha value is -1.02. The summed E-state index contributed by atoms with van der Waals surface area (Å²) >= 11 is 5.93. The largest absolute Gasteiger partial charge is 0.325 e. The van der Waals surface area contributed by atoms with Crippen molar-refractivity contribution >= 4 is 22.6 Å². The summed E-state index contributed by atoms with van der Waals surface area (Å²) in [7, 11) is 0. The molecule has 1 aromatic heterocycles. The first kappa shape index (κ1) is 15.4. The number of rotatable bonds is 8. The standard InChI is InChI=1S/C17H25ClN2/c1-3-4-5-6-9-14(2)20-16-11-8-7-10-15(16)19-17(20)12-13-18/h7-8,10-11,14H,3-6,9,12-13H2,1-2H3. The fourth-order valence-corrected chi connectivity index (χ4v) is 3.01. The summed E-state index contributed by atoms with van der Waals surface area (Å²) < 4.78 is 2.39. The maximum atomic E-state index is 5.93. The zero-order valence-electron chi connectivity index (χ0n) is 12.6. The Morgan fingerprint density at radius 3 is 2.75 bits per heavy atom. The molecule has 0 fully saturated rings. The third-order valence-electron chi connectivity index (χ3n) is 3.90. The maximum Gasteiger partial charge on any atom is 0.111 e. The van der Waals surface area contributed by atoms with Crippen molar-refractivity contribution in [2.45, 2.75) is 58.4 Å². The van der Waals surface area contributed by atoms with Gasteiger partial charge in [-0.2, -0.15) is 0 Å². The van der Waals surface area contributed by atoms with Gasteiger partial charge in [-0.3, -0.25) is 0 Å². The summed E-state index contributed by atoms with van der Waals surface area (Å²) in [6, 6.07) is 8.90. The molecular formula is C17H25ClN2. The van der Waals surface area contributed by atoms with Crippen LogP contribution in [0.25, 0.3) is 11.0 Å². The maximum absolute atomic E-state index is 5.93. The molecule has 0 aliphatic heterocycles. The second-order valence-corrected chi connectivity index (χ2v) is 5.90. The van der Waals surface area contributed by atoms with E-state index in [4.69, 9.17) is 16.6 Å². The molecule has 0 saturated heterocycles. The minimum Gasteiger partial charge on any atom is -0.325 e. The van der Waals surface area contributed by atoms with Gasteiger partial charge >= 0.3 is 0 Å². The predicted molar refractivity (Wildman–Crippen MR) is 87.6 cm³/mol. The quantitative estimate of drug-likeness (QED) is 0.474. The highest BCUT2D eigenvalue weighted by Gasteiger charge is 2.14. The van der Waals surface area contributed by atoms with Gasteiger partial charge in [-0.15, -0.1) is 11.6 Å². The van der Waals surface area contributed by atoms with Crippen molar-refractivity contribution in [3.05, 3.63) is 30.1 Å². The second-order valence-electron chi connectivity index (χ2n) is 5.52. The molecule has 20 heavy (non-hydrogen) atoms. The molecule has 0 amide bonds. The summed E-state index contributed by atoms with van der Waals surface area (Å²) in [6.07, 6.45) is 7.32. The number of aryl methyl sites for hydroxylation is 1. The van der Waals surface area contributed by atoms with Crippen LogP contribution in [0.4, 0.5) is 0 Å². The third kappa shape index (κ3) is 3.54. The number of hydrogen-bond donors (Lipinski definition) is 0. The van der Waals surface area contributed by atoms with Crippen LogP contribution in [-0.2, 0) is 6.42 Å². The lowest BCUT2D eigenvalue weighted by molar-refractivity contribution is 0.470. The van der Waals surface area contributed by atoms with Crippen LogP contribution in [0.1, 0.15) is 57.8 Å². The number of nitrogens with zero attached hydrogens (tertiary/aromatic N) is 2. The molecule has 0 bridgehead atoms. The van der Waals surface area contributed by atoms with Crippen molar-refractivity contribution in [2.75, 3.05) is 5.88 Å². The molecule has 1 unspecified atom stereocenters. The summed E-state index contributed by atoms with van der Waals surface area (Å²) in [5.41, 5.74) is 2.34. The fraction of sp³-hybridized carbons (Fsp3) is 0.588. The molecule has 0 aliphatic rings. The predicted octanol–water partition coefficient (Wildman–Crippen LogP) is 5.35. The molecule has 0 N–H and O–H groups in total. The lowest BCUT2D eigenvalue weighted by Gasteiger charge is -2.17. The SMILES string of the molecule is CCCCCCC(C)n1c(CCCl)nc2ccccc21. The van der Waals surface area contributed by atoms with E-state index in [9.17, 15) is 0 Å². The first-order valence-corrected chi connectivity index (χ1v) is 8.33. The van der Waals surface area contributed by atoms with Crippen molar-refractivity contribution < 1.29 is 0 Å². The van der Waals surface area contributed by atoms with Crippen molar-refractivity contribution in [2.24, 2.45) is 0 Å². The highest BCUT2D eigenvalue weighted by molar-refractivity contribution is 6.17. The Labute approximate surface area is 127 Å². The number of alkyl halides is 1. The van der Waals surface area contributed by atoms with Crippen LogP contribution in [0.15, 0.2) is 24.3 Å².